The quantitative estimate of drug-likeness (QED) is 0.175. The Morgan fingerprint density at radius 3 is 2.00 bits per heavy atom. The smallest absolute Gasteiger partial charge is 0.268 e. The average molecular weight is 643 g/mol. The maximum absolute atomic E-state index is 14.7. The van der Waals surface area contributed by atoms with Crippen LogP contribution in [-0.4, -0.2) is 21.4 Å². The third-order valence-electron chi connectivity index (χ3n) is 9.44. The van der Waals surface area contributed by atoms with Gasteiger partial charge in [0.15, 0.2) is 0 Å². The average Bonchev–Trinajstić information content (AvgIpc) is 3.65. The minimum Gasteiger partial charge on any atom is -0.308 e. The molecule has 1 aliphatic rings. The first-order chi connectivity index (χ1) is 24.6. The molecule has 6 aromatic carbocycles. The molecule has 0 aliphatic carbocycles. The van der Waals surface area contributed by atoms with Gasteiger partial charge in [-0.15, -0.1) is 0 Å². The Hall–Kier alpha value is -7.10. The molecule has 0 radical (unpaired) electrons. The Labute approximate surface area is 287 Å². The molecule has 234 valence electrons. The fourth-order valence-electron chi connectivity index (χ4n) is 7.13. The normalized spacial score (nSPS) is 12.4. The first kappa shape index (κ1) is 29.1. The van der Waals surface area contributed by atoms with Crippen molar-refractivity contribution < 1.29 is 9.59 Å². The van der Waals surface area contributed by atoms with E-state index in [-0.39, 0.29) is 11.8 Å². The van der Waals surface area contributed by atoms with E-state index in [1.54, 1.807) is 18.5 Å². The molecule has 6 heteroatoms. The Morgan fingerprint density at radius 1 is 0.500 bits per heavy atom. The summed E-state index contributed by atoms with van der Waals surface area (Å²) in [4.78, 5) is 34.7. The predicted octanol–water partition coefficient (Wildman–Crippen LogP) is 9.85. The standard InChI is InChI=1S/C44H26N4O2/c45-25-28-22-33(27-46-26-28)32-18-20-35-34-14-7-8-16-38(34)47(41(35)24-32)40-17-9-15-36-42(40)44(50)48(43(36)49)39-21-19-31(29-10-3-1-4-11-29)23-37(39)30-12-5-2-6-13-30/h1-24,26-27H. The zero-order chi connectivity index (χ0) is 33.8. The first-order valence-electron chi connectivity index (χ1n) is 16.3. The van der Waals surface area contributed by atoms with Gasteiger partial charge in [0.2, 0.25) is 0 Å². The Balaban J connectivity index is 1.24. The molecule has 0 bridgehead atoms. The first-order valence-corrected chi connectivity index (χ1v) is 16.3. The van der Waals surface area contributed by atoms with E-state index in [2.05, 4.69) is 39.9 Å². The highest BCUT2D eigenvalue weighted by atomic mass is 16.2. The highest BCUT2D eigenvalue weighted by Crippen LogP contribution is 2.42. The fourth-order valence-corrected chi connectivity index (χ4v) is 7.13. The van der Waals surface area contributed by atoms with Crippen LogP contribution >= 0.6 is 0 Å². The summed E-state index contributed by atoms with van der Waals surface area (Å²) >= 11 is 0. The number of anilines is 1. The number of para-hydroxylation sites is 1. The van der Waals surface area contributed by atoms with E-state index in [0.29, 0.717) is 28.1 Å². The molecular formula is C44H26N4O2. The summed E-state index contributed by atoms with van der Waals surface area (Å²) in [6.07, 6.45) is 3.28. The molecule has 50 heavy (non-hydrogen) atoms. The Bertz CT molecular complexity index is 2710. The molecule has 1 aliphatic heterocycles. The van der Waals surface area contributed by atoms with Crippen molar-refractivity contribution in [3.05, 3.63) is 175 Å². The molecule has 0 unspecified atom stereocenters. The van der Waals surface area contributed by atoms with E-state index in [4.69, 9.17) is 0 Å². The lowest BCUT2D eigenvalue weighted by molar-refractivity contribution is 0.0926. The molecule has 0 atom stereocenters. The van der Waals surface area contributed by atoms with Gasteiger partial charge in [0.05, 0.1) is 39.1 Å². The van der Waals surface area contributed by atoms with Gasteiger partial charge in [0.1, 0.15) is 6.07 Å². The third-order valence-corrected chi connectivity index (χ3v) is 9.44. The molecular weight excluding hydrogens is 617 g/mol. The zero-order valence-electron chi connectivity index (χ0n) is 26.6. The van der Waals surface area contributed by atoms with E-state index in [1.807, 2.05) is 115 Å². The molecule has 0 spiro atoms. The van der Waals surface area contributed by atoms with Crippen molar-refractivity contribution in [1.82, 2.24) is 9.55 Å². The number of nitriles is 1. The largest absolute Gasteiger partial charge is 0.308 e. The van der Waals surface area contributed by atoms with E-state index in [9.17, 15) is 14.9 Å². The highest BCUT2D eigenvalue weighted by molar-refractivity contribution is 6.36. The van der Waals surface area contributed by atoms with Gasteiger partial charge in [-0.3, -0.25) is 14.6 Å². The van der Waals surface area contributed by atoms with Crippen molar-refractivity contribution in [2.45, 2.75) is 0 Å². The number of fused-ring (bicyclic) bond motifs is 4. The minimum atomic E-state index is -0.377. The maximum Gasteiger partial charge on any atom is 0.268 e. The predicted molar refractivity (Wildman–Crippen MR) is 197 cm³/mol. The number of rotatable bonds is 5. The van der Waals surface area contributed by atoms with Gasteiger partial charge < -0.3 is 4.57 Å². The van der Waals surface area contributed by atoms with Gasteiger partial charge >= 0.3 is 0 Å². The van der Waals surface area contributed by atoms with Crippen LogP contribution in [0.4, 0.5) is 5.69 Å². The van der Waals surface area contributed by atoms with Gasteiger partial charge in [-0.25, -0.2) is 4.90 Å². The number of amides is 2. The molecule has 9 rings (SSSR count). The van der Waals surface area contributed by atoms with E-state index in [1.165, 1.54) is 4.90 Å². The van der Waals surface area contributed by atoms with E-state index < -0.39 is 0 Å². The number of hydrogen-bond donors (Lipinski definition) is 0. The number of aromatic nitrogens is 2. The molecule has 8 aromatic rings. The number of carbonyl (C=O) groups is 2. The van der Waals surface area contributed by atoms with Crippen LogP contribution in [0.1, 0.15) is 26.3 Å². The number of benzene rings is 6. The second-order valence-electron chi connectivity index (χ2n) is 12.3. The number of nitrogens with zero attached hydrogens (tertiary/aromatic N) is 4. The van der Waals surface area contributed by atoms with Gasteiger partial charge in [-0.1, -0.05) is 103 Å². The summed E-state index contributed by atoms with van der Waals surface area (Å²) in [5.41, 5.74) is 9.53. The number of carbonyl (C=O) groups excluding carboxylic acids is 2. The molecule has 2 amide bonds. The van der Waals surface area contributed by atoms with E-state index >= 15 is 0 Å². The second-order valence-corrected chi connectivity index (χ2v) is 12.3. The molecule has 6 nitrogen and oxygen atoms in total. The molecule has 0 saturated heterocycles. The van der Waals surface area contributed by atoms with Gasteiger partial charge in [0.25, 0.3) is 11.8 Å². The maximum atomic E-state index is 14.7. The Kier molecular flexibility index (Phi) is 6.72. The lowest BCUT2D eigenvalue weighted by Crippen LogP contribution is -2.30. The van der Waals surface area contributed by atoms with Crippen LogP contribution in [0.5, 0.6) is 0 Å². The summed E-state index contributed by atoms with van der Waals surface area (Å²) < 4.78 is 2.07. The van der Waals surface area contributed by atoms with Crippen molar-refractivity contribution in [2.24, 2.45) is 0 Å². The summed E-state index contributed by atoms with van der Waals surface area (Å²) in [5.74, 6) is -0.740. The Morgan fingerprint density at radius 2 is 1.20 bits per heavy atom. The van der Waals surface area contributed by atoms with Crippen molar-refractivity contribution in [3.63, 3.8) is 0 Å². The van der Waals surface area contributed by atoms with Gasteiger partial charge in [-0.05, 0) is 64.7 Å². The molecule has 0 saturated carbocycles. The third kappa shape index (κ3) is 4.53. The molecule has 0 fully saturated rings. The molecule has 2 aromatic heterocycles. The van der Waals surface area contributed by atoms with Crippen LogP contribution in [0, 0.1) is 11.3 Å². The number of hydrogen-bond acceptors (Lipinski definition) is 4. The SMILES string of the molecule is N#Cc1cncc(-c2ccc3c4ccccc4n(-c4cccc5c4C(=O)N(c4ccc(-c6ccccc6)cc4-c4ccccc4)C5=O)c3c2)c1. The van der Waals surface area contributed by atoms with Crippen molar-refractivity contribution >= 4 is 39.3 Å². The van der Waals surface area contributed by atoms with Crippen LogP contribution in [0.2, 0.25) is 0 Å². The van der Waals surface area contributed by atoms with Crippen LogP contribution in [0.15, 0.2) is 158 Å². The summed E-state index contributed by atoms with van der Waals surface area (Å²) in [6.45, 7) is 0. The van der Waals surface area contributed by atoms with Crippen molar-refractivity contribution in [2.75, 3.05) is 4.90 Å². The monoisotopic (exact) mass is 642 g/mol. The number of imide groups is 1. The summed E-state index contributed by atoms with van der Waals surface area (Å²) in [6, 6.07) is 49.5. The minimum absolute atomic E-state index is 0.352. The van der Waals surface area contributed by atoms with Gasteiger partial charge in [-0.2, -0.15) is 5.26 Å². The van der Waals surface area contributed by atoms with E-state index in [0.717, 1.165) is 55.2 Å². The molecule has 0 N–H and O–H groups in total. The van der Waals surface area contributed by atoms with Crippen molar-refractivity contribution in [3.8, 4) is 45.1 Å². The van der Waals surface area contributed by atoms with Crippen LogP contribution in [0.3, 0.4) is 0 Å². The topological polar surface area (TPSA) is 79.0 Å². The summed E-state index contributed by atoms with van der Waals surface area (Å²) in [7, 11) is 0. The lowest BCUT2D eigenvalue weighted by Gasteiger charge is -2.20. The molecule has 3 heterocycles. The van der Waals surface area contributed by atoms with Crippen molar-refractivity contribution in [1.29, 1.82) is 5.26 Å². The van der Waals surface area contributed by atoms with Gasteiger partial charge in [0, 0.05) is 34.3 Å². The van der Waals surface area contributed by atoms with Crippen LogP contribution in [0.25, 0.3) is 60.9 Å². The van der Waals surface area contributed by atoms with Crippen LogP contribution in [-0.2, 0) is 0 Å². The zero-order valence-corrected chi connectivity index (χ0v) is 26.6. The second kappa shape index (κ2) is 11.6. The lowest BCUT2D eigenvalue weighted by atomic mass is 9.97. The van der Waals surface area contributed by atoms with Crippen LogP contribution < -0.4 is 4.90 Å². The summed E-state index contributed by atoms with van der Waals surface area (Å²) in [5, 5.41) is 11.5. The highest BCUT2D eigenvalue weighted by Gasteiger charge is 2.40. The number of pyridine rings is 1. The fraction of sp³-hybridized carbons (Fsp3) is 0.